The number of sulfonamides is 1. The van der Waals surface area contributed by atoms with Crippen LogP contribution in [0.4, 0.5) is 0 Å². The van der Waals surface area contributed by atoms with Gasteiger partial charge >= 0.3 is 5.97 Å². The van der Waals surface area contributed by atoms with Gasteiger partial charge in [-0.2, -0.15) is 4.31 Å². The van der Waals surface area contributed by atoms with Gasteiger partial charge < -0.3 is 24.1 Å². The Labute approximate surface area is 230 Å². The lowest BCUT2D eigenvalue weighted by atomic mass is 9.93. The molecule has 1 heterocycles. The molecule has 11 heteroatoms. The SMILES string of the molecule is C=CCOC(=O)C1=C[C@H](c2ccc(I)cc2)C[C@H](OCCN(CCO)S(=O)(=O)c2ccc(OC)cc2)O1. The number of carbonyl (C=O) groups is 1. The number of nitrogens with zero attached hydrogens (tertiary/aromatic N) is 1. The van der Waals surface area contributed by atoms with Crippen LogP contribution < -0.4 is 4.74 Å². The highest BCUT2D eigenvalue weighted by Gasteiger charge is 2.30. The van der Waals surface area contributed by atoms with E-state index in [0.717, 1.165) is 13.4 Å². The van der Waals surface area contributed by atoms with Crippen LogP contribution in [0, 0.1) is 3.57 Å². The van der Waals surface area contributed by atoms with E-state index < -0.39 is 22.3 Å². The number of allylic oxidation sites excluding steroid dienone is 1. The summed E-state index contributed by atoms with van der Waals surface area (Å²) in [5.74, 6) is -0.241. The van der Waals surface area contributed by atoms with E-state index >= 15 is 0 Å². The van der Waals surface area contributed by atoms with Crippen LogP contribution in [0.1, 0.15) is 17.9 Å². The van der Waals surface area contributed by atoms with E-state index in [-0.39, 0.29) is 49.5 Å². The molecule has 200 valence electrons. The second-order valence-corrected chi connectivity index (χ2v) is 11.2. The molecule has 2 atom stereocenters. The lowest BCUT2D eigenvalue weighted by molar-refractivity contribution is -0.160. The van der Waals surface area contributed by atoms with Gasteiger partial charge in [0.25, 0.3) is 0 Å². The van der Waals surface area contributed by atoms with Crippen LogP contribution in [0.15, 0.2) is 77.9 Å². The zero-order chi connectivity index (χ0) is 26.8. The Morgan fingerprint density at radius 1 is 1.19 bits per heavy atom. The van der Waals surface area contributed by atoms with Gasteiger partial charge in [-0.15, -0.1) is 0 Å². The van der Waals surface area contributed by atoms with Crippen molar-refractivity contribution in [3.05, 3.63) is 82.2 Å². The number of ether oxygens (including phenoxy) is 4. The molecule has 0 saturated carbocycles. The van der Waals surface area contributed by atoms with Crippen LogP contribution in [0.25, 0.3) is 0 Å². The molecule has 1 aliphatic heterocycles. The van der Waals surface area contributed by atoms with Crippen molar-refractivity contribution in [3.8, 4) is 5.75 Å². The fraction of sp³-hybridized carbons (Fsp3) is 0.346. The lowest BCUT2D eigenvalue weighted by Crippen LogP contribution is -2.37. The molecule has 1 aliphatic rings. The molecule has 9 nitrogen and oxygen atoms in total. The van der Waals surface area contributed by atoms with Crippen molar-refractivity contribution < 1.29 is 37.3 Å². The highest BCUT2D eigenvalue weighted by Crippen LogP contribution is 2.32. The summed E-state index contributed by atoms with van der Waals surface area (Å²) in [4.78, 5) is 12.6. The molecule has 3 rings (SSSR count). The molecule has 0 aromatic heterocycles. The third-order valence-electron chi connectivity index (χ3n) is 5.58. The van der Waals surface area contributed by atoms with Crippen LogP contribution in [-0.2, 0) is 29.0 Å². The molecule has 1 N–H and O–H groups in total. The van der Waals surface area contributed by atoms with Crippen LogP contribution >= 0.6 is 22.6 Å². The predicted octanol–water partition coefficient (Wildman–Crippen LogP) is 3.44. The van der Waals surface area contributed by atoms with Gasteiger partial charge in [-0.3, -0.25) is 0 Å². The lowest BCUT2D eigenvalue weighted by Gasteiger charge is -2.30. The summed E-state index contributed by atoms with van der Waals surface area (Å²) < 4.78 is 50.3. The second-order valence-electron chi connectivity index (χ2n) is 8.03. The van der Waals surface area contributed by atoms with Gasteiger partial charge in [0.15, 0.2) is 0 Å². The Morgan fingerprint density at radius 3 is 2.51 bits per heavy atom. The first-order valence-corrected chi connectivity index (χ1v) is 14.1. The molecule has 0 saturated heterocycles. The highest BCUT2D eigenvalue weighted by molar-refractivity contribution is 14.1. The second kappa shape index (κ2) is 13.9. The zero-order valence-electron chi connectivity index (χ0n) is 20.4. The monoisotopic (exact) mass is 643 g/mol. The van der Waals surface area contributed by atoms with Crippen molar-refractivity contribution in [1.82, 2.24) is 4.31 Å². The van der Waals surface area contributed by atoms with E-state index in [9.17, 15) is 18.3 Å². The Balaban J connectivity index is 1.71. The Hall–Kier alpha value is -2.45. The van der Waals surface area contributed by atoms with Crippen LogP contribution in [-0.4, -0.2) is 70.1 Å². The summed E-state index contributed by atoms with van der Waals surface area (Å²) in [5.41, 5.74) is 0.982. The number of halogens is 1. The number of hydrogen-bond donors (Lipinski definition) is 1. The van der Waals surface area contributed by atoms with Crippen molar-refractivity contribution in [2.75, 3.05) is 40.0 Å². The van der Waals surface area contributed by atoms with Gasteiger partial charge in [0.2, 0.25) is 22.1 Å². The molecular weight excluding hydrogens is 613 g/mol. The molecule has 0 fully saturated rings. The molecule has 0 spiro atoms. The van der Waals surface area contributed by atoms with Crippen LogP contribution in [0.2, 0.25) is 0 Å². The summed E-state index contributed by atoms with van der Waals surface area (Å²) in [5, 5.41) is 9.47. The fourth-order valence-electron chi connectivity index (χ4n) is 3.70. The number of aliphatic hydroxyl groups excluding tert-OH is 1. The maximum atomic E-state index is 13.1. The number of hydrogen-bond acceptors (Lipinski definition) is 8. The number of benzene rings is 2. The Morgan fingerprint density at radius 2 is 1.89 bits per heavy atom. The minimum absolute atomic E-state index is 0.0194. The number of methoxy groups -OCH3 is 1. The van der Waals surface area contributed by atoms with Crippen molar-refractivity contribution in [2.45, 2.75) is 23.5 Å². The predicted molar refractivity (Wildman–Crippen MR) is 145 cm³/mol. The smallest absolute Gasteiger partial charge is 0.373 e. The summed E-state index contributed by atoms with van der Waals surface area (Å²) in [6.07, 6.45) is 2.79. The van der Waals surface area contributed by atoms with E-state index in [0.29, 0.717) is 12.2 Å². The maximum Gasteiger partial charge on any atom is 0.373 e. The standard InChI is InChI=1S/C26H30INO8S/c1-3-15-35-26(30)24-17-20(19-4-6-21(27)7-5-19)18-25(36-24)34-16-13-28(12-14-29)37(31,32)23-10-8-22(33-2)9-11-23/h3-11,17,20,25,29H,1,12-16,18H2,2H3/t20-,25+/m0/s1. The zero-order valence-corrected chi connectivity index (χ0v) is 23.4. The largest absolute Gasteiger partial charge is 0.497 e. The number of rotatable bonds is 13. The minimum atomic E-state index is -3.88. The van der Waals surface area contributed by atoms with Gasteiger partial charge in [0, 0.05) is 29.0 Å². The van der Waals surface area contributed by atoms with E-state index in [1.165, 1.54) is 25.3 Å². The fourth-order valence-corrected chi connectivity index (χ4v) is 5.47. The summed E-state index contributed by atoms with van der Waals surface area (Å²) >= 11 is 2.22. The van der Waals surface area contributed by atoms with Gasteiger partial charge in [-0.1, -0.05) is 24.8 Å². The first-order chi connectivity index (χ1) is 17.8. The van der Waals surface area contributed by atoms with Crippen molar-refractivity contribution in [2.24, 2.45) is 0 Å². The average Bonchev–Trinajstić information content (AvgIpc) is 2.91. The van der Waals surface area contributed by atoms with Gasteiger partial charge in [0.05, 0.1) is 25.2 Å². The number of esters is 1. The first-order valence-electron chi connectivity index (χ1n) is 11.6. The van der Waals surface area contributed by atoms with Crippen LogP contribution in [0.5, 0.6) is 5.75 Å². The van der Waals surface area contributed by atoms with Crippen molar-refractivity contribution in [3.63, 3.8) is 0 Å². The Kier molecular flexibility index (Phi) is 10.9. The third-order valence-corrected chi connectivity index (χ3v) is 8.21. The quantitative estimate of drug-likeness (QED) is 0.201. The van der Waals surface area contributed by atoms with Crippen LogP contribution in [0.3, 0.4) is 0 Å². The number of aliphatic hydroxyl groups is 1. The van der Waals surface area contributed by atoms with E-state index in [4.69, 9.17) is 18.9 Å². The molecule has 0 unspecified atom stereocenters. The summed E-state index contributed by atoms with van der Waals surface area (Å²) in [6.45, 7) is 3.08. The average molecular weight is 643 g/mol. The maximum absolute atomic E-state index is 13.1. The molecule has 0 bridgehead atoms. The Bertz CT molecular complexity index is 1180. The van der Waals surface area contributed by atoms with E-state index in [1.807, 2.05) is 24.3 Å². The summed E-state index contributed by atoms with van der Waals surface area (Å²) in [7, 11) is -2.39. The van der Waals surface area contributed by atoms with Gasteiger partial charge in [0.1, 0.15) is 12.4 Å². The molecule has 2 aromatic carbocycles. The summed E-state index contributed by atoms with van der Waals surface area (Å²) in [6, 6.07) is 13.9. The highest BCUT2D eigenvalue weighted by atomic mass is 127. The molecule has 0 aliphatic carbocycles. The topological polar surface area (TPSA) is 112 Å². The molecule has 0 radical (unpaired) electrons. The van der Waals surface area contributed by atoms with Crippen molar-refractivity contribution in [1.29, 1.82) is 0 Å². The molecule has 37 heavy (non-hydrogen) atoms. The first kappa shape index (κ1) is 29.1. The minimum Gasteiger partial charge on any atom is -0.497 e. The van der Waals surface area contributed by atoms with Gasteiger partial charge in [-0.25, -0.2) is 13.2 Å². The van der Waals surface area contributed by atoms with E-state index in [2.05, 4.69) is 29.2 Å². The third kappa shape index (κ3) is 8.01. The molecular formula is C26H30INO8S. The molecule has 0 amide bonds. The normalized spacial score (nSPS) is 17.6. The number of carbonyl (C=O) groups excluding carboxylic acids is 1. The van der Waals surface area contributed by atoms with Crippen molar-refractivity contribution >= 4 is 38.6 Å². The van der Waals surface area contributed by atoms with Gasteiger partial charge in [-0.05, 0) is 70.6 Å². The van der Waals surface area contributed by atoms with E-state index in [1.54, 1.807) is 18.2 Å². The molecule has 2 aromatic rings.